The minimum absolute atomic E-state index is 0.402. The molecule has 0 aliphatic rings. The Morgan fingerprint density at radius 3 is 1.80 bits per heavy atom. The van der Waals surface area contributed by atoms with Gasteiger partial charge >= 0.3 is 0 Å². The molecule has 0 unspecified atom stereocenters. The van der Waals surface area contributed by atoms with E-state index in [9.17, 15) is 5.11 Å². The highest BCUT2D eigenvalue weighted by Gasteiger charge is 1.92. The molecule has 0 aliphatic carbocycles. The maximum absolute atomic E-state index is 9.95. The zero-order chi connectivity index (χ0) is 11.2. The quantitative estimate of drug-likeness (QED) is 0.372. The molecule has 91 valence electrons. The molecule has 0 aromatic heterocycles. The molecule has 0 fully saturated rings. The fourth-order valence-electron chi connectivity index (χ4n) is 1.38. The molecule has 0 aromatic carbocycles. The Bertz CT molecular complexity index is 95.0. The molecule has 1 radical (unpaired) electrons. The van der Waals surface area contributed by atoms with E-state index in [0.29, 0.717) is 6.61 Å². The Morgan fingerprint density at radius 1 is 0.733 bits per heavy atom. The van der Waals surface area contributed by atoms with Crippen molar-refractivity contribution in [3.05, 3.63) is 0 Å². The van der Waals surface area contributed by atoms with Crippen molar-refractivity contribution >= 4 is 0 Å². The summed E-state index contributed by atoms with van der Waals surface area (Å²) in [7, 11) is 0. The average Bonchev–Trinajstić information content (AvgIpc) is 2.26. The third-order valence-electron chi connectivity index (χ3n) is 2.30. The lowest BCUT2D eigenvalue weighted by Crippen LogP contribution is -1.98. The number of hydrogen-bond donors (Lipinski definition) is 0. The van der Waals surface area contributed by atoms with E-state index in [4.69, 9.17) is 9.47 Å². The monoisotopic (exact) mass is 217 g/mol. The van der Waals surface area contributed by atoms with Gasteiger partial charge in [0.05, 0.1) is 0 Å². The molecule has 0 amide bonds. The van der Waals surface area contributed by atoms with Crippen molar-refractivity contribution in [2.45, 2.75) is 51.9 Å². The molecule has 0 saturated carbocycles. The van der Waals surface area contributed by atoms with Crippen LogP contribution in [0.4, 0.5) is 0 Å². The summed E-state index contributed by atoms with van der Waals surface area (Å²) in [5, 5.41) is 9.95. The zero-order valence-electron chi connectivity index (χ0n) is 10.0. The number of hydrogen-bond acceptors (Lipinski definition) is 2. The molecule has 0 aliphatic heterocycles. The second-order valence-electron chi connectivity index (χ2n) is 3.76. The van der Waals surface area contributed by atoms with Crippen LogP contribution >= 0.6 is 0 Å². The molecule has 3 heteroatoms. The fraction of sp³-hybridized carbons (Fsp3) is 1.00. The van der Waals surface area contributed by atoms with Crippen molar-refractivity contribution in [3.63, 3.8) is 0 Å². The zero-order valence-corrected chi connectivity index (χ0v) is 10.0. The van der Waals surface area contributed by atoms with Crippen LogP contribution in [0, 0.1) is 0 Å². The number of ether oxygens (including phenoxy) is 2. The predicted molar refractivity (Wildman–Crippen MR) is 60.3 cm³/mol. The Labute approximate surface area is 93.8 Å². The van der Waals surface area contributed by atoms with Gasteiger partial charge in [0.2, 0.25) is 0 Å². The summed E-state index contributed by atoms with van der Waals surface area (Å²) in [5.74, 6) is 0. The van der Waals surface area contributed by atoms with Crippen LogP contribution in [0.2, 0.25) is 0 Å². The number of unbranched alkanes of at least 4 members (excludes halogenated alkanes) is 5. The normalized spacial score (nSPS) is 10.8. The van der Waals surface area contributed by atoms with Gasteiger partial charge < -0.3 is 9.47 Å². The van der Waals surface area contributed by atoms with Gasteiger partial charge in [0.25, 0.3) is 0 Å². The lowest BCUT2D eigenvalue weighted by molar-refractivity contribution is -0.0447. The van der Waals surface area contributed by atoms with Crippen LogP contribution in [-0.4, -0.2) is 26.6 Å². The summed E-state index contributed by atoms with van der Waals surface area (Å²) < 4.78 is 10.2. The van der Waals surface area contributed by atoms with Crippen LogP contribution in [0.5, 0.6) is 0 Å². The summed E-state index contributed by atoms with van der Waals surface area (Å²) >= 11 is 0. The minimum atomic E-state index is -0.402. The lowest BCUT2D eigenvalue weighted by atomic mass is 10.2. The molecular formula is C12H25O3. The first-order valence-corrected chi connectivity index (χ1v) is 6.15. The highest BCUT2D eigenvalue weighted by atomic mass is 16.6. The molecular weight excluding hydrogens is 192 g/mol. The molecule has 0 rings (SSSR count). The van der Waals surface area contributed by atoms with Gasteiger partial charge in [0.15, 0.2) is 6.79 Å². The van der Waals surface area contributed by atoms with Crippen molar-refractivity contribution in [3.8, 4) is 0 Å². The van der Waals surface area contributed by atoms with Gasteiger partial charge in [-0.25, -0.2) is 5.11 Å². The third-order valence-corrected chi connectivity index (χ3v) is 2.30. The first-order valence-electron chi connectivity index (χ1n) is 6.15. The van der Waals surface area contributed by atoms with Crippen molar-refractivity contribution in [2.75, 3.05) is 26.6 Å². The van der Waals surface area contributed by atoms with E-state index >= 15 is 0 Å². The Balaban J connectivity index is 2.81. The van der Waals surface area contributed by atoms with Gasteiger partial charge in [-0.2, -0.15) is 0 Å². The highest BCUT2D eigenvalue weighted by molar-refractivity contribution is 4.43. The van der Waals surface area contributed by atoms with Crippen molar-refractivity contribution in [2.24, 2.45) is 0 Å². The molecule has 0 atom stereocenters. The molecule has 0 heterocycles. The van der Waals surface area contributed by atoms with E-state index in [1.807, 2.05) is 0 Å². The van der Waals surface area contributed by atoms with Crippen LogP contribution in [0.1, 0.15) is 51.9 Å². The third kappa shape index (κ3) is 13.9. The van der Waals surface area contributed by atoms with Gasteiger partial charge in [-0.3, -0.25) is 0 Å². The second-order valence-corrected chi connectivity index (χ2v) is 3.76. The molecule has 0 spiro atoms. The van der Waals surface area contributed by atoms with E-state index < -0.39 is 6.79 Å². The van der Waals surface area contributed by atoms with E-state index in [1.54, 1.807) is 0 Å². The van der Waals surface area contributed by atoms with Crippen LogP contribution in [0.3, 0.4) is 0 Å². The fourth-order valence-corrected chi connectivity index (χ4v) is 1.38. The Morgan fingerprint density at radius 2 is 1.27 bits per heavy atom. The van der Waals surface area contributed by atoms with Gasteiger partial charge in [-0.05, 0) is 19.3 Å². The van der Waals surface area contributed by atoms with Crippen LogP contribution in [-0.2, 0) is 14.6 Å². The SMILES string of the molecule is CCCCCOCCCCCCOC[O]. The van der Waals surface area contributed by atoms with Crippen molar-refractivity contribution in [1.82, 2.24) is 0 Å². The van der Waals surface area contributed by atoms with E-state index in [2.05, 4.69) is 6.92 Å². The lowest BCUT2D eigenvalue weighted by Gasteiger charge is -2.03. The van der Waals surface area contributed by atoms with E-state index in [0.717, 1.165) is 32.5 Å². The minimum Gasteiger partial charge on any atom is -0.381 e. The second kappa shape index (κ2) is 13.9. The molecule has 0 N–H and O–H groups in total. The molecule has 0 aromatic rings. The largest absolute Gasteiger partial charge is 0.381 e. The van der Waals surface area contributed by atoms with E-state index in [-0.39, 0.29) is 0 Å². The smallest absolute Gasteiger partial charge is 0.180 e. The van der Waals surface area contributed by atoms with Crippen LogP contribution < -0.4 is 0 Å². The van der Waals surface area contributed by atoms with Gasteiger partial charge in [0, 0.05) is 19.8 Å². The Kier molecular flexibility index (Phi) is 13.8. The van der Waals surface area contributed by atoms with Crippen molar-refractivity contribution in [1.29, 1.82) is 0 Å². The van der Waals surface area contributed by atoms with E-state index in [1.165, 1.54) is 25.7 Å². The summed E-state index contributed by atoms with van der Waals surface area (Å²) in [5.41, 5.74) is 0. The predicted octanol–water partition coefficient (Wildman–Crippen LogP) is 3.16. The van der Waals surface area contributed by atoms with Crippen LogP contribution in [0.15, 0.2) is 0 Å². The highest BCUT2D eigenvalue weighted by Crippen LogP contribution is 2.01. The van der Waals surface area contributed by atoms with Gasteiger partial charge in [-0.15, -0.1) is 0 Å². The maximum Gasteiger partial charge on any atom is 0.180 e. The Hall–Kier alpha value is -0.120. The molecule has 0 saturated heterocycles. The van der Waals surface area contributed by atoms with Gasteiger partial charge in [0.1, 0.15) is 0 Å². The first kappa shape index (κ1) is 14.9. The van der Waals surface area contributed by atoms with Crippen LogP contribution in [0.25, 0.3) is 0 Å². The molecule has 3 nitrogen and oxygen atoms in total. The number of rotatable bonds is 12. The summed E-state index contributed by atoms with van der Waals surface area (Å²) in [4.78, 5) is 0. The summed E-state index contributed by atoms with van der Waals surface area (Å²) in [6.07, 6.45) is 8.15. The topological polar surface area (TPSA) is 38.4 Å². The molecule has 0 bridgehead atoms. The first-order chi connectivity index (χ1) is 7.41. The summed E-state index contributed by atoms with van der Waals surface area (Å²) in [6.45, 7) is 4.20. The summed E-state index contributed by atoms with van der Waals surface area (Å²) in [6, 6.07) is 0. The maximum atomic E-state index is 9.95. The average molecular weight is 217 g/mol. The van der Waals surface area contributed by atoms with Gasteiger partial charge in [-0.1, -0.05) is 32.6 Å². The van der Waals surface area contributed by atoms with Crippen molar-refractivity contribution < 1.29 is 14.6 Å². The molecule has 15 heavy (non-hydrogen) atoms. The standard InChI is InChI=1S/C12H25O3/c1-2-3-6-9-14-10-7-4-5-8-11-15-12-13/h2-12H2,1H3.